The first-order chi connectivity index (χ1) is 47.1. The minimum atomic E-state index is -1.53. The molecule has 2 unspecified atom stereocenters. The van der Waals surface area contributed by atoms with E-state index in [9.17, 15) is 19.5 Å². The molecule has 9 heteroatoms. The molecular formula is C87H148NO8+. The van der Waals surface area contributed by atoms with E-state index in [-0.39, 0.29) is 32.2 Å². The standard InChI is InChI=1S/C87H147NO8/c1-6-8-10-12-14-16-18-20-22-24-26-28-30-32-34-36-38-39-40-41-42-43-44-45-46-47-48-50-52-54-56-58-60-62-64-66-68-70-72-74-76-78-85(90)96-83(82-95-87(86(91)92)93-80-79-88(3,4)5)81-94-84(89)77-75-73-71-69-67-65-63-61-59-57-55-53-51-49-37-35-33-31-29-27-25-23-21-19-17-15-13-11-9-7-2/h8,10,14,16,20,22,26,28,32,34,38-39,41-42,44-45,47-48,52,54,58,60,64,66,83,87H,6-7,9,11-13,15,17-19,21,23-25,27,29-31,33,35-37,40,43,46,49-51,53,55-57,59,61-63,65,67-82H2,1-5H3/p+1/b10-8-,16-14-,22-20-,28-26-,34-32-,39-38-,42-41-,45-44-,48-47-,54-52-,60-58-,66-64-. The topological polar surface area (TPSA) is 108 Å². The van der Waals surface area contributed by atoms with Crippen LogP contribution in [0.4, 0.5) is 0 Å². The zero-order chi connectivity index (χ0) is 69.7. The average molecular weight is 1340 g/mol. The zero-order valence-corrected chi connectivity index (χ0v) is 62.7. The van der Waals surface area contributed by atoms with Crippen LogP contribution in [0.3, 0.4) is 0 Å². The van der Waals surface area contributed by atoms with Crippen molar-refractivity contribution in [1.29, 1.82) is 0 Å². The van der Waals surface area contributed by atoms with Gasteiger partial charge in [-0.15, -0.1) is 0 Å². The Hall–Kier alpha value is -4.83. The van der Waals surface area contributed by atoms with Gasteiger partial charge in [0.05, 0.1) is 34.4 Å². The maximum Gasteiger partial charge on any atom is 0.361 e. The molecule has 0 fully saturated rings. The number of carbonyl (C=O) groups is 3. The summed E-state index contributed by atoms with van der Waals surface area (Å²) in [4.78, 5) is 37.7. The highest BCUT2D eigenvalue weighted by atomic mass is 16.7. The highest BCUT2D eigenvalue weighted by Gasteiger charge is 2.25. The predicted molar refractivity (Wildman–Crippen MR) is 414 cm³/mol. The summed E-state index contributed by atoms with van der Waals surface area (Å²) in [6.45, 7) is 4.76. The van der Waals surface area contributed by atoms with Gasteiger partial charge < -0.3 is 28.5 Å². The number of carbonyl (C=O) groups excluding carboxylic acids is 2. The van der Waals surface area contributed by atoms with Crippen molar-refractivity contribution in [3.8, 4) is 0 Å². The Bertz CT molecular complexity index is 2090. The number of unbranched alkanes of at least 4 members (excludes halogenated alkanes) is 33. The number of allylic oxidation sites excluding steroid dienone is 24. The summed E-state index contributed by atoms with van der Waals surface area (Å²) in [6.07, 6.45) is 109. The molecule has 0 rings (SSSR count). The Balaban J connectivity index is 4.16. The Labute approximate surface area is 592 Å². The molecule has 1 N–H and O–H groups in total. The Morgan fingerprint density at radius 1 is 0.323 bits per heavy atom. The van der Waals surface area contributed by atoms with Crippen molar-refractivity contribution in [3.63, 3.8) is 0 Å². The molecule has 0 heterocycles. The van der Waals surface area contributed by atoms with Gasteiger partial charge in [-0.05, 0) is 103 Å². The number of rotatable bonds is 72. The number of nitrogens with zero attached hydrogens (tertiary/aromatic N) is 1. The van der Waals surface area contributed by atoms with Gasteiger partial charge in [0.2, 0.25) is 0 Å². The number of hydrogen-bond acceptors (Lipinski definition) is 7. The second-order valence-corrected chi connectivity index (χ2v) is 27.3. The molecule has 0 radical (unpaired) electrons. The van der Waals surface area contributed by atoms with E-state index in [1.807, 2.05) is 21.1 Å². The average Bonchev–Trinajstić information content (AvgIpc) is 2.59. The van der Waals surface area contributed by atoms with E-state index in [1.165, 1.54) is 173 Å². The smallest absolute Gasteiger partial charge is 0.361 e. The van der Waals surface area contributed by atoms with E-state index in [0.29, 0.717) is 23.9 Å². The van der Waals surface area contributed by atoms with Gasteiger partial charge >= 0.3 is 17.9 Å². The van der Waals surface area contributed by atoms with Crippen LogP contribution in [0.25, 0.3) is 0 Å². The molecular weight excluding hydrogens is 1190 g/mol. The molecule has 0 amide bonds. The molecule has 0 aromatic rings. The number of hydrogen-bond donors (Lipinski definition) is 1. The molecule has 0 aromatic heterocycles. The molecule has 96 heavy (non-hydrogen) atoms. The first-order valence-electron chi connectivity index (χ1n) is 39.5. The van der Waals surface area contributed by atoms with Gasteiger partial charge in [0.15, 0.2) is 6.10 Å². The highest BCUT2D eigenvalue weighted by molar-refractivity contribution is 5.71. The number of carboxylic acid groups (broad SMARTS) is 1. The predicted octanol–water partition coefficient (Wildman–Crippen LogP) is 25.4. The molecule has 0 aliphatic carbocycles. The largest absolute Gasteiger partial charge is 0.477 e. The fraction of sp³-hybridized carbons (Fsp3) is 0.690. The summed E-state index contributed by atoms with van der Waals surface area (Å²) < 4.78 is 23.0. The van der Waals surface area contributed by atoms with Crippen LogP contribution in [0.1, 0.15) is 328 Å². The van der Waals surface area contributed by atoms with Crippen LogP contribution in [-0.4, -0.2) is 87.4 Å². The third kappa shape index (κ3) is 76.5. The van der Waals surface area contributed by atoms with Crippen LogP contribution in [-0.2, 0) is 33.3 Å². The van der Waals surface area contributed by atoms with Gasteiger partial charge in [-0.2, -0.15) is 0 Å². The van der Waals surface area contributed by atoms with Gasteiger partial charge in [0.1, 0.15) is 13.2 Å². The summed E-state index contributed by atoms with van der Waals surface area (Å²) in [5.74, 6) is -2.04. The minimum absolute atomic E-state index is 0.177. The molecule has 0 spiro atoms. The number of quaternary nitrogens is 1. The molecule has 0 aliphatic rings. The van der Waals surface area contributed by atoms with Crippen LogP contribution >= 0.6 is 0 Å². The van der Waals surface area contributed by atoms with Crippen LogP contribution < -0.4 is 0 Å². The maximum absolute atomic E-state index is 13.0. The second-order valence-electron chi connectivity index (χ2n) is 27.3. The SMILES string of the molecule is CC/C=C\C/C=C\C/C=C\C/C=C\C/C=C\C/C=C\C/C=C\C/C=C\C/C=C\C/C=C\C/C=C\C/C=C\CCCCCCC(=O)OC(COC(=O)CCCCCCCCCCCCCCCCCCCCCCCCCCCCCCCC)COC(OCC[N+](C)(C)C)C(=O)O. The van der Waals surface area contributed by atoms with Crippen LogP contribution in [0, 0.1) is 0 Å². The fourth-order valence-corrected chi connectivity index (χ4v) is 10.9. The lowest BCUT2D eigenvalue weighted by Crippen LogP contribution is -2.40. The van der Waals surface area contributed by atoms with Crippen LogP contribution in [0.5, 0.6) is 0 Å². The van der Waals surface area contributed by atoms with Crippen molar-refractivity contribution in [3.05, 3.63) is 146 Å². The summed E-state index contributed by atoms with van der Waals surface area (Å²) in [6, 6.07) is 0. The van der Waals surface area contributed by atoms with Crippen LogP contribution in [0.2, 0.25) is 0 Å². The monoisotopic (exact) mass is 1340 g/mol. The first kappa shape index (κ1) is 91.2. The number of aliphatic carboxylic acids is 1. The van der Waals surface area contributed by atoms with Crippen molar-refractivity contribution >= 4 is 17.9 Å². The van der Waals surface area contributed by atoms with E-state index in [2.05, 4.69) is 160 Å². The molecule has 0 bridgehead atoms. The maximum atomic E-state index is 13.0. The van der Waals surface area contributed by atoms with E-state index >= 15 is 0 Å². The van der Waals surface area contributed by atoms with E-state index in [4.69, 9.17) is 18.9 Å². The molecule has 548 valence electrons. The molecule has 0 saturated heterocycles. The summed E-state index contributed by atoms with van der Waals surface area (Å²) >= 11 is 0. The van der Waals surface area contributed by atoms with Gasteiger partial charge in [-0.1, -0.05) is 359 Å². The van der Waals surface area contributed by atoms with E-state index < -0.39 is 24.3 Å². The lowest BCUT2D eigenvalue weighted by atomic mass is 10.0. The number of carboxylic acids is 1. The van der Waals surface area contributed by atoms with Crippen molar-refractivity contribution in [2.75, 3.05) is 47.5 Å². The van der Waals surface area contributed by atoms with E-state index in [1.54, 1.807) is 0 Å². The lowest BCUT2D eigenvalue weighted by molar-refractivity contribution is -0.870. The zero-order valence-electron chi connectivity index (χ0n) is 62.7. The molecule has 2 atom stereocenters. The van der Waals surface area contributed by atoms with E-state index in [0.717, 1.165) is 122 Å². The quantitative estimate of drug-likeness (QED) is 0.0211. The molecule has 0 saturated carbocycles. The molecule has 0 aliphatic heterocycles. The number of esters is 2. The summed E-state index contributed by atoms with van der Waals surface area (Å²) in [5.41, 5.74) is 0. The summed E-state index contributed by atoms with van der Waals surface area (Å²) in [7, 11) is 5.97. The molecule has 0 aromatic carbocycles. The van der Waals surface area contributed by atoms with Crippen molar-refractivity contribution in [2.24, 2.45) is 0 Å². The van der Waals surface area contributed by atoms with Gasteiger partial charge in [-0.25, -0.2) is 4.79 Å². The van der Waals surface area contributed by atoms with Crippen LogP contribution in [0.15, 0.2) is 146 Å². The Morgan fingerprint density at radius 2 is 0.594 bits per heavy atom. The van der Waals surface area contributed by atoms with Gasteiger partial charge in [-0.3, -0.25) is 9.59 Å². The minimum Gasteiger partial charge on any atom is -0.477 e. The van der Waals surface area contributed by atoms with Gasteiger partial charge in [0, 0.05) is 12.8 Å². The summed E-state index contributed by atoms with van der Waals surface area (Å²) in [5, 5.41) is 9.77. The first-order valence-corrected chi connectivity index (χ1v) is 39.5. The molecule has 9 nitrogen and oxygen atoms in total. The fourth-order valence-electron chi connectivity index (χ4n) is 10.9. The van der Waals surface area contributed by atoms with Gasteiger partial charge in [0.25, 0.3) is 6.29 Å². The number of ether oxygens (including phenoxy) is 4. The third-order valence-corrected chi connectivity index (χ3v) is 16.9. The van der Waals surface area contributed by atoms with Crippen molar-refractivity contribution in [2.45, 2.75) is 341 Å². The second kappa shape index (κ2) is 75.9. The number of likely N-dealkylation sites (N-methyl/N-ethyl adjacent to an activating group) is 1. The van der Waals surface area contributed by atoms with Crippen molar-refractivity contribution < 1.29 is 42.9 Å². The normalized spacial score (nSPS) is 13.5. The Morgan fingerprint density at radius 3 is 0.885 bits per heavy atom. The lowest BCUT2D eigenvalue weighted by Gasteiger charge is -2.25. The van der Waals surface area contributed by atoms with Crippen molar-refractivity contribution in [1.82, 2.24) is 0 Å². The highest BCUT2D eigenvalue weighted by Crippen LogP contribution is 2.18. The third-order valence-electron chi connectivity index (χ3n) is 16.9. The Kier molecular flexibility index (Phi) is 72.1.